The maximum absolute atomic E-state index is 12.0. The predicted octanol–water partition coefficient (Wildman–Crippen LogP) is 2.16. The Morgan fingerprint density at radius 3 is 3.06 bits per heavy atom. The summed E-state index contributed by atoms with van der Waals surface area (Å²) in [6.07, 6.45) is 3.25. The SMILES string of the molecule is C=CCNC(=O)c1nccc2ccc(OC)cc12. The highest BCUT2D eigenvalue weighted by Gasteiger charge is 2.11. The fourth-order valence-electron chi connectivity index (χ4n) is 1.70. The molecule has 2 rings (SSSR count). The highest BCUT2D eigenvalue weighted by atomic mass is 16.5. The van der Waals surface area contributed by atoms with E-state index in [9.17, 15) is 4.79 Å². The number of carbonyl (C=O) groups excluding carboxylic acids is 1. The van der Waals surface area contributed by atoms with E-state index in [4.69, 9.17) is 4.74 Å². The van der Waals surface area contributed by atoms with Gasteiger partial charge in [-0.2, -0.15) is 0 Å². The number of nitrogens with zero attached hydrogens (tertiary/aromatic N) is 1. The van der Waals surface area contributed by atoms with Crippen LogP contribution in [0.15, 0.2) is 43.1 Å². The summed E-state index contributed by atoms with van der Waals surface area (Å²) in [6.45, 7) is 3.98. The van der Waals surface area contributed by atoms with E-state index < -0.39 is 0 Å². The average molecular weight is 242 g/mol. The molecule has 0 bridgehead atoms. The van der Waals surface area contributed by atoms with E-state index in [0.717, 1.165) is 10.8 Å². The third-order valence-electron chi connectivity index (χ3n) is 2.60. The maximum atomic E-state index is 12.0. The average Bonchev–Trinajstić information content (AvgIpc) is 2.43. The van der Waals surface area contributed by atoms with Gasteiger partial charge in [0.1, 0.15) is 11.4 Å². The van der Waals surface area contributed by atoms with Crippen LogP contribution in [0.25, 0.3) is 10.8 Å². The molecule has 4 nitrogen and oxygen atoms in total. The number of hydrogen-bond acceptors (Lipinski definition) is 3. The van der Waals surface area contributed by atoms with Gasteiger partial charge in [0, 0.05) is 18.1 Å². The Kier molecular flexibility index (Phi) is 3.57. The van der Waals surface area contributed by atoms with E-state index in [0.29, 0.717) is 18.0 Å². The second-order valence-corrected chi connectivity index (χ2v) is 3.75. The van der Waals surface area contributed by atoms with E-state index in [1.54, 1.807) is 19.4 Å². The number of rotatable bonds is 4. The minimum atomic E-state index is -0.214. The van der Waals surface area contributed by atoms with Crippen molar-refractivity contribution in [1.29, 1.82) is 0 Å². The van der Waals surface area contributed by atoms with Gasteiger partial charge in [0.2, 0.25) is 0 Å². The van der Waals surface area contributed by atoms with Crippen molar-refractivity contribution >= 4 is 16.7 Å². The number of ether oxygens (including phenoxy) is 1. The molecule has 1 aromatic heterocycles. The monoisotopic (exact) mass is 242 g/mol. The topological polar surface area (TPSA) is 51.2 Å². The Labute approximate surface area is 105 Å². The highest BCUT2D eigenvalue weighted by molar-refractivity contribution is 6.05. The lowest BCUT2D eigenvalue weighted by molar-refractivity contribution is 0.0955. The van der Waals surface area contributed by atoms with Gasteiger partial charge in [0.05, 0.1) is 7.11 Å². The first-order valence-corrected chi connectivity index (χ1v) is 5.58. The largest absolute Gasteiger partial charge is 0.497 e. The number of hydrogen-bond donors (Lipinski definition) is 1. The summed E-state index contributed by atoms with van der Waals surface area (Å²) >= 11 is 0. The Morgan fingerprint density at radius 2 is 2.33 bits per heavy atom. The van der Waals surface area contributed by atoms with Gasteiger partial charge in [0.25, 0.3) is 5.91 Å². The van der Waals surface area contributed by atoms with Gasteiger partial charge in [0.15, 0.2) is 0 Å². The number of benzene rings is 1. The molecule has 0 radical (unpaired) electrons. The highest BCUT2D eigenvalue weighted by Crippen LogP contribution is 2.22. The van der Waals surface area contributed by atoms with E-state index in [-0.39, 0.29) is 5.91 Å². The van der Waals surface area contributed by atoms with Crippen LogP contribution in [0.4, 0.5) is 0 Å². The van der Waals surface area contributed by atoms with E-state index >= 15 is 0 Å². The summed E-state index contributed by atoms with van der Waals surface area (Å²) in [4.78, 5) is 16.1. The molecule has 0 aliphatic heterocycles. The molecule has 0 saturated heterocycles. The minimum Gasteiger partial charge on any atom is -0.497 e. The molecular formula is C14H14N2O2. The molecule has 1 amide bonds. The normalized spacial score (nSPS) is 10.1. The van der Waals surface area contributed by atoms with Crippen molar-refractivity contribution in [3.8, 4) is 5.75 Å². The number of aromatic nitrogens is 1. The van der Waals surface area contributed by atoms with Crippen LogP contribution in [-0.2, 0) is 0 Å². The molecule has 18 heavy (non-hydrogen) atoms. The molecule has 0 atom stereocenters. The Morgan fingerprint density at radius 1 is 1.50 bits per heavy atom. The number of pyridine rings is 1. The molecule has 2 aromatic rings. The molecule has 0 aliphatic carbocycles. The van der Waals surface area contributed by atoms with Crippen LogP contribution in [0.2, 0.25) is 0 Å². The second kappa shape index (κ2) is 5.31. The molecule has 0 spiro atoms. The summed E-state index contributed by atoms with van der Waals surface area (Å²) < 4.78 is 5.16. The van der Waals surface area contributed by atoms with Gasteiger partial charge in [-0.1, -0.05) is 12.1 Å². The summed E-state index contributed by atoms with van der Waals surface area (Å²) in [5.41, 5.74) is 0.397. The van der Waals surface area contributed by atoms with Gasteiger partial charge < -0.3 is 10.1 Å². The standard InChI is InChI=1S/C14H14N2O2/c1-3-7-16-14(17)13-12-9-11(18-2)5-4-10(12)6-8-15-13/h3-6,8-9H,1,7H2,2H3,(H,16,17). The third kappa shape index (κ3) is 2.32. The lowest BCUT2D eigenvalue weighted by Crippen LogP contribution is -2.24. The van der Waals surface area contributed by atoms with Crippen LogP contribution in [0.3, 0.4) is 0 Å². The van der Waals surface area contributed by atoms with Crippen molar-refractivity contribution in [3.63, 3.8) is 0 Å². The van der Waals surface area contributed by atoms with Crippen LogP contribution in [0.5, 0.6) is 5.75 Å². The zero-order valence-corrected chi connectivity index (χ0v) is 10.1. The van der Waals surface area contributed by atoms with Crippen molar-refractivity contribution < 1.29 is 9.53 Å². The third-order valence-corrected chi connectivity index (χ3v) is 2.60. The first kappa shape index (κ1) is 12.1. The number of methoxy groups -OCH3 is 1. The molecule has 1 aromatic carbocycles. The van der Waals surface area contributed by atoms with Crippen molar-refractivity contribution in [3.05, 3.63) is 48.8 Å². The Bertz CT molecular complexity index is 593. The van der Waals surface area contributed by atoms with E-state index in [2.05, 4.69) is 16.9 Å². The maximum Gasteiger partial charge on any atom is 0.270 e. The molecule has 1 N–H and O–H groups in total. The number of amides is 1. The Hall–Kier alpha value is -2.36. The van der Waals surface area contributed by atoms with Crippen LogP contribution in [-0.4, -0.2) is 24.5 Å². The van der Waals surface area contributed by atoms with Crippen molar-refractivity contribution in [2.45, 2.75) is 0 Å². The molecule has 0 fully saturated rings. The molecule has 0 saturated carbocycles. The predicted molar refractivity (Wildman–Crippen MR) is 70.8 cm³/mol. The zero-order chi connectivity index (χ0) is 13.0. The molecule has 1 heterocycles. The number of fused-ring (bicyclic) bond motifs is 1. The number of carbonyl (C=O) groups is 1. The fraction of sp³-hybridized carbons (Fsp3) is 0.143. The quantitative estimate of drug-likeness (QED) is 0.836. The smallest absolute Gasteiger partial charge is 0.270 e. The summed E-state index contributed by atoms with van der Waals surface area (Å²) in [6, 6.07) is 7.43. The van der Waals surface area contributed by atoms with Crippen molar-refractivity contribution in [2.24, 2.45) is 0 Å². The van der Waals surface area contributed by atoms with Gasteiger partial charge in [-0.25, -0.2) is 0 Å². The van der Waals surface area contributed by atoms with Crippen LogP contribution >= 0.6 is 0 Å². The molecule has 0 aliphatic rings. The second-order valence-electron chi connectivity index (χ2n) is 3.75. The van der Waals surface area contributed by atoms with Crippen LogP contribution in [0.1, 0.15) is 10.5 Å². The number of nitrogens with one attached hydrogen (secondary N) is 1. The summed E-state index contributed by atoms with van der Waals surface area (Å²) in [5.74, 6) is 0.488. The van der Waals surface area contributed by atoms with E-state index in [1.807, 2.05) is 24.3 Å². The van der Waals surface area contributed by atoms with Gasteiger partial charge in [-0.3, -0.25) is 9.78 Å². The van der Waals surface area contributed by atoms with Gasteiger partial charge >= 0.3 is 0 Å². The van der Waals surface area contributed by atoms with E-state index in [1.165, 1.54) is 0 Å². The summed E-state index contributed by atoms with van der Waals surface area (Å²) in [7, 11) is 1.59. The first-order chi connectivity index (χ1) is 8.76. The minimum absolute atomic E-state index is 0.214. The molecule has 92 valence electrons. The van der Waals surface area contributed by atoms with Crippen molar-refractivity contribution in [1.82, 2.24) is 10.3 Å². The lowest BCUT2D eigenvalue weighted by Gasteiger charge is -2.07. The fourth-order valence-corrected chi connectivity index (χ4v) is 1.70. The Balaban J connectivity index is 2.48. The lowest BCUT2D eigenvalue weighted by atomic mass is 10.1. The molecule has 0 unspecified atom stereocenters. The van der Waals surface area contributed by atoms with Crippen LogP contribution < -0.4 is 10.1 Å². The van der Waals surface area contributed by atoms with Gasteiger partial charge in [-0.15, -0.1) is 6.58 Å². The molecule has 4 heteroatoms. The zero-order valence-electron chi connectivity index (χ0n) is 10.1. The van der Waals surface area contributed by atoms with Crippen LogP contribution in [0, 0.1) is 0 Å². The van der Waals surface area contributed by atoms with Gasteiger partial charge in [-0.05, 0) is 23.6 Å². The summed E-state index contributed by atoms with van der Waals surface area (Å²) in [5, 5.41) is 4.45. The molecular weight excluding hydrogens is 228 g/mol. The van der Waals surface area contributed by atoms with Crippen molar-refractivity contribution in [2.75, 3.05) is 13.7 Å². The first-order valence-electron chi connectivity index (χ1n) is 5.58.